The van der Waals surface area contributed by atoms with Crippen molar-refractivity contribution in [2.75, 3.05) is 19.7 Å². The molecule has 2 N–H and O–H groups in total. The second-order valence-corrected chi connectivity index (χ2v) is 9.95. The van der Waals surface area contributed by atoms with E-state index < -0.39 is 23.0 Å². The monoisotopic (exact) mass is 478 g/mol. The number of alkyl carbamates (subject to hydrolysis) is 1. The summed E-state index contributed by atoms with van der Waals surface area (Å²) >= 11 is 0. The number of likely N-dealkylation sites (tertiary alicyclic amines) is 1. The lowest BCUT2D eigenvalue weighted by Gasteiger charge is -2.34. The number of ether oxygens (including phenoxy) is 1. The fraction of sp³-hybridized carbons (Fsp3) is 0.464. The molecule has 2 unspecified atom stereocenters. The third-order valence-electron chi connectivity index (χ3n) is 7.72. The Morgan fingerprint density at radius 3 is 2.20 bits per heavy atom. The van der Waals surface area contributed by atoms with E-state index in [4.69, 9.17) is 4.74 Å². The maximum atomic E-state index is 13.5. The van der Waals surface area contributed by atoms with Crippen LogP contribution in [0.1, 0.15) is 63.5 Å². The van der Waals surface area contributed by atoms with Gasteiger partial charge in [0.1, 0.15) is 12.1 Å². The summed E-state index contributed by atoms with van der Waals surface area (Å²) in [6, 6.07) is 16.2. The van der Waals surface area contributed by atoms with Gasteiger partial charge in [0.2, 0.25) is 5.91 Å². The van der Waals surface area contributed by atoms with Crippen molar-refractivity contribution in [1.29, 1.82) is 0 Å². The minimum absolute atomic E-state index is 0.0689. The molecule has 1 aliphatic carbocycles. The molecule has 2 aromatic rings. The standard InChI is InChI=1S/C28H34N2O5/c1-4-14-27(3,24(31)30-16-15-28(5-2,18-30)25(32)33)29-26(34)35-17-23-21-12-8-6-10-19(21)20-11-7-9-13-22(20)23/h6-13,23H,4-5,14-18H2,1-3H3,(H,29,34)(H,32,33). The Bertz CT molecular complexity index is 1090. The van der Waals surface area contributed by atoms with Gasteiger partial charge in [-0.3, -0.25) is 9.59 Å². The lowest BCUT2D eigenvalue weighted by atomic mass is 9.84. The summed E-state index contributed by atoms with van der Waals surface area (Å²) in [7, 11) is 0. The first-order valence-electron chi connectivity index (χ1n) is 12.4. The molecule has 0 spiro atoms. The van der Waals surface area contributed by atoms with E-state index in [0.29, 0.717) is 32.2 Å². The first-order chi connectivity index (χ1) is 16.7. The Morgan fingerprint density at radius 1 is 1.09 bits per heavy atom. The number of rotatable bonds is 8. The predicted molar refractivity (Wildman–Crippen MR) is 133 cm³/mol. The molecule has 1 fully saturated rings. The predicted octanol–water partition coefficient (Wildman–Crippen LogP) is 4.80. The molecule has 2 atom stereocenters. The molecule has 7 nitrogen and oxygen atoms in total. The van der Waals surface area contributed by atoms with Gasteiger partial charge in [0.15, 0.2) is 0 Å². The van der Waals surface area contributed by atoms with Crippen LogP contribution in [-0.2, 0) is 14.3 Å². The number of hydrogen-bond donors (Lipinski definition) is 2. The number of amides is 2. The smallest absolute Gasteiger partial charge is 0.408 e. The molecular weight excluding hydrogens is 444 g/mol. The van der Waals surface area contributed by atoms with Crippen molar-refractivity contribution < 1.29 is 24.2 Å². The van der Waals surface area contributed by atoms with Crippen LogP contribution in [0.3, 0.4) is 0 Å². The summed E-state index contributed by atoms with van der Waals surface area (Å²) in [5, 5.41) is 12.5. The summed E-state index contributed by atoms with van der Waals surface area (Å²) in [4.78, 5) is 39.8. The van der Waals surface area contributed by atoms with Gasteiger partial charge in [0.25, 0.3) is 0 Å². The van der Waals surface area contributed by atoms with Crippen LogP contribution in [-0.4, -0.2) is 53.2 Å². The molecule has 2 aliphatic rings. The van der Waals surface area contributed by atoms with Crippen molar-refractivity contribution >= 4 is 18.0 Å². The molecule has 2 amide bonds. The number of carboxylic acids is 1. The van der Waals surface area contributed by atoms with E-state index >= 15 is 0 Å². The van der Waals surface area contributed by atoms with E-state index in [9.17, 15) is 19.5 Å². The van der Waals surface area contributed by atoms with Crippen LogP contribution in [0.4, 0.5) is 4.79 Å². The molecule has 2 aromatic carbocycles. The summed E-state index contributed by atoms with van der Waals surface area (Å²) < 4.78 is 5.68. The summed E-state index contributed by atoms with van der Waals surface area (Å²) in [5.74, 6) is -1.21. The molecule has 1 saturated heterocycles. The molecule has 1 heterocycles. The Labute approximate surface area is 206 Å². The molecule has 7 heteroatoms. The Morgan fingerprint density at radius 2 is 1.69 bits per heavy atom. The van der Waals surface area contributed by atoms with Crippen molar-refractivity contribution in [3.8, 4) is 11.1 Å². The lowest BCUT2D eigenvalue weighted by Crippen LogP contribution is -2.58. The van der Waals surface area contributed by atoms with E-state index in [2.05, 4.69) is 29.6 Å². The Balaban J connectivity index is 1.45. The highest BCUT2D eigenvalue weighted by atomic mass is 16.5. The van der Waals surface area contributed by atoms with Crippen LogP contribution in [0.25, 0.3) is 11.1 Å². The molecule has 4 rings (SSSR count). The molecule has 0 aromatic heterocycles. The molecule has 0 bridgehead atoms. The zero-order valence-corrected chi connectivity index (χ0v) is 20.7. The van der Waals surface area contributed by atoms with Gasteiger partial charge in [-0.15, -0.1) is 0 Å². The summed E-state index contributed by atoms with van der Waals surface area (Å²) in [6.07, 6.45) is 1.33. The van der Waals surface area contributed by atoms with E-state index in [1.54, 1.807) is 11.8 Å². The number of carbonyl (C=O) groups excluding carboxylic acids is 2. The minimum Gasteiger partial charge on any atom is -0.481 e. The van der Waals surface area contributed by atoms with Gasteiger partial charge in [-0.1, -0.05) is 68.8 Å². The first-order valence-corrected chi connectivity index (χ1v) is 12.4. The average molecular weight is 479 g/mol. The quantitative estimate of drug-likeness (QED) is 0.568. The van der Waals surface area contributed by atoms with Gasteiger partial charge in [-0.25, -0.2) is 4.79 Å². The van der Waals surface area contributed by atoms with Gasteiger partial charge in [-0.05, 0) is 48.4 Å². The normalized spacial score (nSPS) is 20.6. The van der Waals surface area contributed by atoms with Gasteiger partial charge < -0.3 is 20.1 Å². The van der Waals surface area contributed by atoms with Crippen LogP contribution < -0.4 is 5.32 Å². The van der Waals surface area contributed by atoms with Crippen LogP contribution >= 0.6 is 0 Å². The van der Waals surface area contributed by atoms with Crippen LogP contribution in [0.15, 0.2) is 48.5 Å². The number of aliphatic carboxylic acids is 1. The summed E-state index contributed by atoms with van der Waals surface area (Å²) in [6.45, 7) is 6.17. The molecule has 0 radical (unpaired) electrons. The Kier molecular flexibility index (Phi) is 6.88. The molecular formula is C28H34N2O5. The number of benzene rings is 2. The van der Waals surface area contributed by atoms with Crippen molar-refractivity contribution in [3.63, 3.8) is 0 Å². The van der Waals surface area contributed by atoms with Crippen molar-refractivity contribution in [3.05, 3.63) is 59.7 Å². The summed E-state index contributed by atoms with van der Waals surface area (Å²) in [5.41, 5.74) is 2.45. The zero-order chi connectivity index (χ0) is 25.2. The molecule has 35 heavy (non-hydrogen) atoms. The first kappa shape index (κ1) is 24.8. The largest absolute Gasteiger partial charge is 0.481 e. The fourth-order valence-electron chi connectivity index (χ4n) is 5.59. The topological polar surface area (TPSA) is 95.9 Å². The molecule has 1 aliphatic heterocycles. The highest BCUT2D eigenvalue weighted by molar-refractivity contribution is 5.90. The fourth-order valence-corrected chi connectivity index (χ4v) is 5.59. The number of carboxylic acid groups (broad SMARTS) is 1. The number of nitrogens with zero attached hydrogens (tertiary/aromatic N) is 1. The SMILES string of the molecule is CCCC(C)(NC(=O)OCC1c2ccccc2-c2ccccc21)C(=O)N1CCC(CC)(C(=O)O)C1. The van der Waals surface area contributed by atoms with Gasteiger partial charge in [0.05, 0.1) is 5.41 Å². The van der Waals surface area contributed by atoms with E-state index in [0.717, 1.165) is 22.3 Å². The number of fused-ring (bicyclic) bond motifs is 3. The maximum absolute atomic E-state index is 13.5. The van der Waals surface area contributed by atoms with Crippen LogP contribution in [0.2, 0.25) is 0 Å². The number of carbonyl (C=O) groups is 3. The minimum atomic E-state index is -1.17. The second kappa shape index (κ2) is 9.72. The van der Waals surface area contributed by atoms with Crippen molar-refractivity contribution in [2.45, 2.75) is 57.9 Å². The van der Waals surface area contributed by atoms with Crippen LogP contribution in [0, 0.1) is 5.41 Å². The average Bonchev–Trinajstić information content (AvgIpc) is 3.43. The van der Waals surface area contributed by atoms with Crippen LogP contribution in [0.5, 0.6) is 0 Å². The number of nitrogens with one attached hydrogen (secondary N) is 1. The highest BCUT2D eigenvalue weighted by Gasteiger charge is 2.48. The van der Waals surface area contributed by atoms with Gasteiger partial charge >= 0.3 is 12.1 Å². The number of hydrogen-bond acceptors (Lipinski definition) is 4. The highest BCUT2D eigenvalue weighted by Crippen LogP contribution is 2.44. The van der Waals surface area contributed by atoms with E-state index in [1.165, 1.54) is 0 Å². The molecule has 186 valence electrons. The van der Waals surface area contributed by atoms with Crippen molar-refractivity contribution in [2.24, 2.45) is 5.41 Å². The third-order valence-corrected chi connectivity index (χ3v) is 7.72. The lowest BCUT2D eigenvalue weighted by molar-refractivity contribution is -0.149. The second-order valence-electron chi connectivity index (χ2n) is 9.95. The third kappa shape index (κ3) is 4.51. The van der Waals surface area contributed by atoms with Crippen molar-refractivity contribution in [1.82, 2.24) is 10.2 Å². The zero-order valence-electron chi connectivity index (χ0n) is 20.7. The maximum Gasteiger partial charge on any atom is 0.408 e. The Hall–Kier alpha value is -3.35. The van der Waals surface area contributed by atoms with Gasteiger partial charge in [0, 0.05) is 19.0 Å². The van der Waals surface area contributed by atoms with Gasteiger partial charge in [-0.2, -0.15) is 0 Å². The van der Waals surface area contributed by atoms with E-state index in [1.807, 2.05) is 38.1 Å². The molecule has 0 saturated carbocycles. The van der Waals surface area contributed by atoms with E-state index in [-0.39, 0.29) is 25.0 Å².